The number of hydrogen-bond donors (Lipinski definition) is 1. The van der Waals surface area contributed by atoms with Gasteiger partial charge >= 0.3 is 0 Å². The van der Waals surface area contributed by atoms with Crippen LogP contribution in [0.5, 0.6) is 5.75 Å². The number of rotatable bonds is 4. The van der Waals surface area contributed by atoms with E-state index in [2.05, 4.69) is 0 Å². The first-order valence-corrected chi connectivity index (χ1v) is 7.08. The summed E-state index contributed by atoms with van der Waals surface area (Å²) in [4.78, 5) is 0. The lowest BCUT2D eigenvalue weighted by molar-refractivity contribution is 0.176. The van der Waals surface area contributed by atoms with Crippen molar-refractivity contribution in [3.63, 3.8) is 0 Å². The first-order valence-electron chi connectivity index (χ1n) is 6.70. The van der Waals surface area contributed by atoms with E-state index >= 15 is 0 Å². The Hall–Kier alpha value is -1.58. The average molecular weight is 309 g/mol. The van der Waals surface area contributed by atoms with Crippen molar-refractivity contribution in [2.24, 2.45) is 0 Å². The van der Waals surface area contributed by atoms with E-state index in [4.69, 9.17) is 16.3 Å². The van der Waals surface area contributed by atoms with Crippen LogP contribution in [-0.4, -0.2) is 12.2 Å². The van der Waals surface area contributed by atoms with E-state index in [0.29, 0.717) is 5.56 Å². The van der Waals surface area contributed by atoms with Crippen molar-refractivity contribution in [2.45, 2.75) is 26.4 Å². The van der Waals surface area contributed by atoms with Gasteiger partial charge in [-0.3, -0.25) is 0 Å². The zero-order chi connectivity index (χ0) is 15.6. The second-order valence-corrected chi connectivity index (χ2v) is 5.52. The van der Waals surface area contributed by atoms with Crippen LogP contribution >= 0.6 is 11.6 Å². The summed E-state index contributed by atoms with van der Waals surface area (Å²) >= 11 is 5.77. The van der Waals surface area contributed by atoms with Crippen LogP contribution in [0.1, 0.15) is 28.4 Å². The lowest BCUT2D eigenvalue weighted by atomic mass is 9.95. The Morgan fingerprint density at radius 2 is 1.95 bits per heavy atom. The summed E-state index contributed by atoms with van der Waals surface area (Å²) in [5.74, 6) is 0.304. The molecule has 0 aliphatic carbocycles. The van der Waals surface area contributed by atoms with Crippen molar-refractivity contribution in [3.05, 3.63) is 63.4 Å². The van der Waals surface area contributed by atoms with E-state index in [-0.39, 0.29) is 11.4 Å². The van der Waals surface area contributed by atoms with E-state index < -0.39 is 11.9 Å². The van der Waals surface area contributed by atoms with Gasteiger partial charge in [0.05, 0.1) is 18.2 Å². The fourth-order valence-electron chi connectivity index (χ4n) is 2.42. The van der Waals surface area contributed by atoms with Crippen molar-refractivity contribution in [3.8, 4) is 5.75 Å². The summed E-state index contributed by atoms with van der Waals surface area (Å²) in [5.41, 5.74) is 3.02. The lowest BCUT2D eigenvalue weighted by Gasteiger charge is -2.17. The molecule has 1 atom stereocenters. The van der Waals surface area contributed by atoms with Crippen molar-refractivity contribution < 1.29 is 14.2 Å². The minimum Gasteiger partial charge on any atom is -0.496 e. The summed E-state index contributed by atoms with van der Waals surface area (Å²) in [6.07, 6.45) is -0.610. The number of aliphatic hydroxyl groups excluding tert-OH is 1. The molecular weight excluding hydrogens is 291 g/mol. The van der Waals surface area contributed by atoms with Crippen LogP contribution < -0.4 is 4.74 Å². The van der Waals surface area contributed by atoms with Crippen LogP contribution in [0.25, 0.3) is 0 Å². The van der Waals surface area contributed by atoms with Crippen molar-refractivity contribution in [2.75, 3.05) is 7.11 Å². The highest BCUT2D eigenvalue weighted by atomic mass is 35.5. The molecule has 2 rings (SSSR count). The number of aliphatic hydroxyl groups is 1. The smallest absolute Gasteiger partial charge is 0.145 e. The van der Waals surface area contributed by atoms with Crippen LogP contribution in [0.2, 0.25) is 5.02 Å². The van der Waals surface area contributed by atoms with Crippen LogP contribution in [0.15, 0.2) is 30.3 Å². The summed E-state index contributed by atoms with van der Waals surface area (Å²) < 4.78 is 19.2. The van der Waals surface area contributed by atoms with Gasteiger partial charge in [-0.05, 0) is 54.3 Å². The number of aryl methyl sites for hydroxylation is 2. The zero-order valence-corrected chi connectivity index (χ0v) is 13.0. The third-order valence-corrected chi connectivity index (χ3v) is 3.88. The molecule has 4 heteroatoms. The SMILES string of the molecule is COc1cc(C)c(C(O)Cc2cccc(Cl)c2F)cc1C. The quantitative estimate of drug-likeness (QED) is 0.908. The Bertz CT molecular complexity index is 655. The Kier molecular flexibility index (Phi) is 4.86. The molecule has 112 valence electrons. The molecule has 2 nitrogen and oxygen atoms in total. The first-order chi connectivity index (χ1) is 9.93. The first kappa shape index (κ1) is 15.8. The molecule has 0 bridgehead atoms. The van der Waals surface area contributed by atoms with E-state index in [1.54, 1.807) is 19.2 Å². The van der Waals surface area contributed by atoms with Gasteiger partial charge in [-0.1, -0.05) is 23.7 Å². The molecule has 2 aromatic rings. The number of benzene rings is 2. The summed E-state index contributed by atoms with van der Waals surface area (Å²) in [7, 11) is 1.61. The molecule has 0 saturated heterocycles. The predicted octanol–water partition coefficient (Wildman–Crippen LogP) is 4.38. The van der Waals surface area contributed by atoms with E-state index in [1.807, 2.05) is 26.0 Å². The van der Waals surface area contributed by atoms with Gasteiger partial charge in [-0.25, -0.2) is 4.39 Å². The number of hydrogen-bond acceptors (Lipinski definition) is 2. The maximum absolute atomic E-state index is 13.9. The van der Waals surface area contributed by atoms with Gasteiger partial charge in [-0.2, -0.15) is 0 Å². The highest BCUT2D eigenvalue weighted by molar-refractivity contribution is 6.30. The Balaban J connectivity index is 2.30. The number of methoxy groups -OCH3 is 1. The molecule has 0 saturated carbocycles. The molecule has 0 amide bonds. The summed E-state index contributed by atoms with van der Waals surface area (Å²) in [6, 6.07) is 8.56. The van der Waals surface area contributed by atoms with Gasteiger partial charge in [0.15, 0.2) is 0 Å². The summed E-state index contributed by atoms with van der Waals surface area (Å²) in [5, 5.41) is 10.5. The molecule has 1 N–H and O–H groups in total. The average Bonchev–Trinajstić information content (AvgIpc) is 2.45. The summed E-state index contributed by atoms with van der Waals surface area (Å²) in [6.45, 7) is 3.81. The molecule has 0 aromatic heterocycles. The van der Waals surface area contributed by atoms with Crippen LogP contribution in [-0.2, 0) is 6.42 Å². The molecule has 21 heavy (non-hydrogen) atoms. The van der Waals surface area contributed by atoms with Gasteiger partial charge in [-0.15, -0.1) is 0 Å². The maximum atomic E-state index is 13.9. The molecule has 0 fully saturated rings. The molecule has 0 aliphatic heterocycles. The lowest BCUT2D eigenvalue weighted by Crippen LogP contribution is -2.06. The van der Waals surface area contributed by atoms with Gasteiger partial charge < -0.3 is 9.84 Å². The maximum Gasteiger partial charge on any atom is 0.145 e. The highest BCUT2D eigenvalue weighted by Gasteiger charge is 2.16. The van der Waals surface area contributed by atoms with Crippen LogP contribution in [0.3, 0.4) is 0 Å². The minimum atomic E-state index is -0.789. The van der Waals surface area contributed by atoms with E-state index in [0.717, 1.165) is 22.4 Å². The Morgan fingerprint density at radius 3 is 2.62 bits per heavy atom. The van der Waals surface area contributed by atoms with Gasteiger partial charge in [0.25, 0.3) is 0 Å². The van der Waals surface area contributed by atoms with E-state index in [1.165, 1.54) is 6.07 Å². The standard InChI is InChI=1S/C17H18ClFO2/c1-10-8-16(21-3)11(2)7-13(10)15(20)9-12-5-4-6-14(18)17(12)19/h4-8,15,20H,9H2,1-3H3. The van der Waals surface area contributed by atoms with Crippen molar-refractivity contribution >= 4 is 11.6 Å². The molecule has 1 unspecified atom stereocenters. The van der Waals surface area contributed by atoms with Gasteiger partial charge in [0.2, 0.25) is 0 Å². The fourth-order valence-corrected chi connectivity index (χ4v) is 2.61. The van der Waals surface area contributed by atoms with Gasteiger partial charge in [0.1, 0.15) is 11.6 Å². The largest absolute Gasteiger partial charge is 0.496 e. The second kappa shape index (κ2) is 6.46. The van der Waals surface area contributed by atoms with Crippen molar-refractivity contribution in [1.82, 2.24) is 0 Å². The van der Waals surface area contributed by atoms with E-state index in [9.17, 15) is 9.50 Å². The molecule has 0 aliphatic rings. The number of ether oxygens (including phenoxy) is 1. The normalized spacial score (nSPS) is 12.3. The van der Waals surface area contributed by atoms with Crippen LogP contribution in [0, 0.1) is 19.7 Å². The Morgan fingerprint density at radius 1 is 1.24 bits per heavy atom. The third kappa shape index (κ3) is 3.36. The highest BCUT2D eigenvalue weighted by Crippen LogP contribution is 2.29. The topological polar surface area (TPSA) is 29.5 Å². The third-order valence-electron chi connectivity index (χ3n) is 3.59. The minimum absolute atomic E-state index is 0.0716. The second-order valence-electron chi connectivity index (χ2n) is 5.11. The zero-order valence-electron chi connectivity index (χ0n) is 12.3. The predicted molar refractivity (Wildman–Crippen MR) is 82.5 cm³/mol. The van der Waals surface area contributed by atoms with Gasteiger partial charge in [0, 0.05) is 6.42 Å². The molecule has 2 aromatic carbocycles. The molecule has 0 heterocycles. The Labute approximate surface area is 129 Å². The molecule has 0 radical (unpaired) electrons. The monoisotopic (exact) mass is 308 g/mol. The fraction of sp³-hybridized carbons (Fsp3) is 0.294. The number of halogens is 2. The van der Waals surface area contributed by atoms with Crippen molar-refractivity contribution in [1.29, 1.82) is 0 Å². The molecule has 0 spiro atoms. The van der Waals surface area contributed by atoms with Crippen LogP contribution in [0.4, 0.5) is 4.39 Å². The molecular formula is C17H18ClFO2.